The largest absolute Gasteiger partial charge is 0.465 e. The first-order valence-corrected chi connectivity index (χ1v) is 13.2. The Hall–Kier alpha value is -1.06. The van der Waals surface area contributed by atoms with E-state index in [-0.39, 0.29) is 23.8 Å². The van der Waals surface area contributed by atoms with Crippen LogP contribution in [0.4, 0.5) is 0 Å². The molecule has 0 bridgehead atoms. The summed E-state index contributed by atoms with van der Waals surface area (Å²) >= 11 is 0. The Balaban J connectivity index is 2.01. The maximum atomic E-state index is 12.3. The summed E-state index contributed by atoms with van der Waals surface area (Å²) in [7, 11) is 0. The van der Waals surface area contributed by atoms with Gasteiger partial charge in [-0.15, -0.1) is 0 Å². The lowest BCUT2D eigenvalue weighted by molar-refractivity contribution is -0.155. The third-order valence-corrected chi connectivity index (χ3v) is 6.48. The van der Waals surface area contributed by atoms with Crippen LogP contribution in [0.3, 0.4) is 0 Å². The fourth-order valence-electron chi connectivity index (χ4n) is 4.34. The zero-order chi connectivity index (χ0) is 22.9. The van der Waals surface area contributed by atoms with E-state index in [2.05, 4.69) is 27.7 Å². The average Bonchev–Trinajstić information content (AvgIpc) is 2.74. The summed E-state index contributed by atoms with van der Waals surface area (Å²) in [5.74, 6) is 1.38. The molecule has 0 spiro atoms. The van der Waals surface area contributed by atoms with Crippen LogP contribution in [-0.2, 0) is 19.1 Å². The third kappa shape index (κ3) is 14.6. The molecule has 0 amide bonds. The highest BCUT2D eigenvalue weighted by molar-refractivity contribution is 5.75. The predicted octanol–water partition coefficient (Wildman–Crippen LogP) is 7.48. The van der Waals surface area contributed by atoms with E-state index in [4.69, 9.17) is 9.47 Å². The quantitative estimate of drug-likeness (QED) is 0.174. The first kappa shape index (κ1) is 28.0. The first-order valence-electron chi connectivity index (χ1n) is 13.2. The van der Waals surface area contributed by atoms with Crippen molar-refractivity contribution in [3.63, 3.8) is 0 Å². The number of rotatable bonds is 17. The minimum atomic E-state index is -0.0635. The van der Waals surface area contributed by atoms with Gasteiger partial charge in [-0.2, -0.15) is 0 Å². The van der Waals surface area contributed by atoms with Crippen LogP contribution in [0.25, 0.3) is 0 Å². The van der Waals surface area contributed by atoms with E-state index in [1.54, 1.807) is 0 Å². The highest BCUT2D eigenvalue weighted by Crippen LogP contribution is 2.30. The van der Waals surface area contributed by atoms with Crippen molar-refractivity contribution in [1.82, 2.24) is 0 Å². The van der Waals surface area contributed by atoms with Crippen molar-refractivity contribution < 1.29 is 19.1 Å². The number of carbonyl (C=O) groups is 2. The fraction of sp³-hybridized carbons (Fsp3) is 0.926. The van der Waals surface area contributed by atoms with Crippen molar-refractivity contribution in [2.75, 3.05) is 13.2 Å². The highest BCUT2D eigenvalue weighted by Gasteiger charge is 2.31. The van der Waals surface area contributed by atoms with Crippen LogP contribution in [0, 0.1) is 23.7 Å². The Kier molecular flexibility index (Phi) is 15.8. The van der Waals surface area contributed by atoms with Gasteiger partial charge in [-0.3, -0.25) is 9.59 Å². The minimum Gasteiger partial charge on any atom is -0.465 e. The number of hydrogen-bond acceptors (Lipinski definition) is 4. The Morgan fingerprint density at radius 1 is 0.581 bits per heavy atom. The lowest BCUT2D eigenvalue weighted by atomic mass is 9.82. The van der Waals surface area contributed by atoms with Gasteiger partial charge in [0, 0.05) is 0 Å². The van der Waals surface area contributed by atoms with Gasteiger partial charge in [0.25, 0.3) is 0 Å². The molecule has 0 aromatic carbocycles. The smallest absolute Gasteiger partial charge is 0.308 e. The third-order valence-electron chi connectivity index (χ3n) is 6.48. The number of hydrogen-bond donors (Lipinski definition) is 0. The Morgan fingerprint density at radius 2 is 0.903 bits per heavy atom. The van der Waals surface area contributed by atoms with Crippen molar-refractivity contribution in [3.8, 4) is 0 Å². The lowest BCUT2D eigenvalue weighted by Crippen LogP contribution is -2.28. The van der Waals surface area contributed by atoms with E-state index in [9.17, 15) is 9.59 Å². The van der Waals surface area contributed by atoms with Gasteiger partial charge in [0.05, 0.1) is 25.0 Å². The Bertz CT molecular complexity index is 464. The summed E-state index contributed by atoms with van der Waals surface area (Å²) in [6.45, 7) is 10.1. The van der Waals surface area contributed by atoms with E-state index in [1.807, 2.05) is 0 Å². The van der Waals surface area contributed by atoms with Gasteiger partial charge in [0.1, 0.15) is 0 Å². The monoisotopic (exact) mass is 438 g/mol. The molecule has 0 atom stereocenters. The van der Waals surface area contributed by atoms with Gasteiger partial charge < -0.3 is 9.47 Å². The number of unbranched alkanes of at least 4 members (excludes halogenated alkanes) is 7. The molecule has 0 saturated heterocycles. The second kappa shape index (κ2) is 17.5. The lowest BCUT2D eigenvalue weighted by Gasteiger charge is -2.26. The molecule has 0 heterocycles. The second-order valence-electron chi connectivity index (χ2n) is 10.4. The molecule has 0 aliphatic heterocycles. The van der Waals surface area contributed by atoms with Gasteiger partial charge in [-0.25, -0.2) is 0 Å². The Morgan fingerprint density at radius 3 is 1.26 bits per heavy atom. The summed E-state index contributed by atoms with van der Waals surface area (Å²) < 4.78 is 11.0. The summed E-state index contributed by atoms with van der Waals surface area (Å²) in [5, 5.41) is 0. The maximum absolute atomic E-state index is 12.3. The minimum absolute atomic E-state index is 0.0314. The van der Waals surface area contributed by atoms with E-state index in [1.165, 1.54) is 44.9 Å². The number of ether oxygens (including phenoxy) is 2. The molecule has 1 aliphatic carbocycles. The van der Waals surface area contributed by atoms with Crippen LogP contribution in [-0.4, -0.2) is 25.2 Å². The normalized spacial score (nSPS) is 19.0. The zero-order valence-electron chi connectivity index (χ0n) is 21.0. The molecule has 0 aromatic heterocycles. The number of esters is 2. The molecule has 0 N–H and O–H groups in total. The first-order chi connectivity index (χ1) is 14.9. The zero-order valence-corrected chi connectivity index (χ0v) is 21.0. The van der Waals surface area contributed by atoms with Crippen molar-refractivity contribution >= 4 is 11.9 Å². The van der Waals surface area contributed by atoms with Crippen LogP contribution in [0.15, 0.2) is 0 Å². The molecule has 182 valence electrons. The van der Waals surface area contributed by atoms with Gasteiger partial charge in [0.2, 0.25) is 0 Å². The molecule has 0 radical (unpaired) electrons. The van der Waals surface area contributed by atoms with Crippen molar-refractivity contribution in [1.29, 1.82) is 0 Å². The number of carbonyl (C=O) groups excluding carboxylic acids is 2. The van der Waals surface area contributed by atoms with Gasteiger partial charge in [-0.05, 0) is 50.4 Å². The van der Waals surface area contributed by atoms with Crippen LogP contribution in [0.1, 0.15) is 124 Å². The molecule has 4 nitrogen and oxygen atoms in total. The van der Waals surface area contributed by atoms with Crippen molar-refractivity contribution in [2.45, 2.75) is 124 Å². The van der Waals surface area contributed by atoms with Crippen LogP contribution >= 0.6 is 0 Å². The summed E-state index contributed by atoms with van der Waals surface area (Å²) in [6.07, 6.45) is 16.1. The highest BCUT2D eigenvalue weighted by atomic mass is 16.5. The predicted molar refractivity (Wildman–Crippen MR) is 128 cm³/mol. The molecule has 0 aromatic rings. The van der Waals surface area contributed by atoms with Gasteiger partial charge >= 0.3 is 11.9 Å². The fourth-order valence-corrected chi connectivity index (χ4v) is 4.34. The van der Waals surface area contributed by atoms with E-state index >= 15 is 0 Å². The van der Waals surface area contributed by atoms with Crippen molar-refractivity contribution in [3.05, 3.63) is 0 Å². The van der Waals surface area contributed by atoms with Crippen molar-refractivity contribution in [2.24, 2.45) is 23.7 Å². The molecular formula is C27H50O4. The summed E-state index contributed by atoms with van der Waals surface area (Å²) in [4.78, 5) is 24.6. The molecule has 1 saturated carbocycles. The molecule has 1 aliphatic rings. The molecular weight excluding hydrogens is 388 g/mol. The molecule has 31 heavy (non-hydrogen) atoms. The molecule has 1 fully saturated rings. The topological polar surface area (TPSA) is 52.6 Å². The maximum Gasteiger partial charge on any atom is 0.308 e. The van der Waals surface area contributed by atoms with E-state index in [0.29, 0.717) is 13.2 Å². The summed E-state index contributed by atoms with van der Waals surface area (Å²) in [5.41, 5.74) is 0. The average molecular weight is 439 g/mol. The molecule has 0 unspecified atom stereocenters. The van der Waals surface area contributed by atoms with Gasteiger partial charge in [0.15, 0.2) is 0 Å². The van der Waals surface area contributed by atoms with Gasteiger partial charge in [-0.1, -0.05) is 85.5 Å². The molecule has 1 rings (SSSR count). The second-order valence-corrected chi connectivity index (χ2v) is 10.4. The Labute approximate surface area is 192 Å². The summed E-state index contributed by atoms with van der Waals surface area (Å²) in [6, 6.07) is 0. The SMILES string of the molecule is CC(C)CCCCCCCOC(=O)C1CCC(C(=O)OCCCCCCC(C)C)CC1. The molecule has 4 heteroatoms. The van der Waals surface area contributed by atoms with Crippen LogP contribution in [0.2, 0.25) is 0 Å². The van der Waals surface area contributed by atoms with E-state index in [0.717, 1.165) is 63.2 Å². The van der Waals surface area contributed by atoms with Crippen LogP contribution < -0.4 is 0 Å². The van der Waals surface area contributed by atoms with Crippen LogP contribution in [0.5, 0.6) is 0 Å². The van der Waals surface area contributed by atoms with E-state index < -0.39 is 0 Å². The standard InChI is InChI=1S/C27H50O4/c1-22(2)14-10-6-5-8-12-20-30-26(28)24-16-18-25(19-17-24)27(29)31-21-13-9-7-11-15-23(3)4/h22-25H,5-21H2,1-4H3.